The average molecular weight is 931 g/mol. The zero-order valence-electron chi connectivity index (χ0n) is 38.2. The third-order valence-electron chi connectivity index (χ3n) is 14.0. The van der Waals surface area contributed by atoms with Crippen LogP contribution in [0.5, 0.6) is 0 Å². The van der Waals surface area contributed by atoms with E-state index in [0.29, 0.717) is 0 Å². The van der Waals surface area contributed by atoms with Gasteiger partial charge in [-0.05, 0) is 119 Å². The number of anilines is 6. The zero-order valence-corrected chi connectivity index (χ0v) is 39.8. The van der Waals surface area contributed by atoms with Crippen LogP contribution in [0.3, 0.4) is 0 Å². The lowest BCUT2D eigenvalue weighted by Crippen LogP contribution is -2.14. The molecule has 0 amide bonds. The summed E-state index contributed by atoms with van der Waals surface area (Å²) in [4.78, 5) is 4.91. The molecule has 330 valence electrons. The molecule has 0 aliphatic rings. The van der Waals surface area contributed by atoms with Crippen molar-refractivity contribution in [2.75, 3.05) is 9.80 Å². The Balaban J connectivity index is 1.08. The molecule has 3 nitrogen and oxygen atoms in total. The predicted molar refractivity (Wildman–Crippen MR) is 304 cm³/mol. The van der Waals surface area contributed by atoms with Gasteiger partial charge in [0, 0.05) is 69.9 Å². The fraction of sp³-hybridized carbons (Fsp3) is 0.0154. The second-order valence-corrected chi connectivity index (χ2v) is 20.3. The molecule has 0 unspecified atom stereocenters. The molecule has 0 fully saturated rings. The van der Waals surface area contributed by atoms with E-state index in [-0.39, 0.29) is 0 Å². The number of hydrogen-bond acceptors (Lipinski definition) is 5. The lowest BCUT2D eigenvalue weighted by atomic mass is 9.96. The molecule has 0 atom stereocenters. The van der Waals surface area contributed by atoms with Crippen LogP contribution in [-0.4, -0.2) is 0 Å². The Bertz CT molecular complexity index is 4290. The van der Waals surface area contributed by atoms with Crippen molar-refractivity contribution in [2.45, 2.75) is 6.92 Å². The molecule has 0 radical (unpaired) electrons. The number of rotatable bonds is 8. The van der Waals surface area contributed by atoms with E-state index >= 15 is 0 Å². The maximum absolute atomic E-state index is 7.03. The summed E-state index contributed by atoms with van der Waals surface area (Å²) in [5.41, 5.74) is 12.7. The monoisotopic (exact) mass is 930 g/mol. The Morgan fingerprint density at radius 3 is 1.53 bits per heavy atom. The maximum Gasteiger partial charge on any atom is 0.143 e. The number of benzene rings is 11. The Labute approximate surface area is 412 Å². The van der Waals surface area contributed by atoms with Gasteiger partial charge in [0.2, 0.25) is 0 Å². The summed E-state index contributed by atoms with van der Waals surface area (Å²) < 4.78 is 12.1. The van der Waals surface area contributed by atoms with E-state index in [4.69, 9.17) is 4.42 Å². The standard InChI is InChI=1S/C65H42N2OS2/c1-3-41-28-33-45(34-29-41)66(44-31-26-40(2)27-32-44)46-36-43(42-30-35-56-59(38-42)68-63-53-19-7-5-15-49(53)48-14-4-6-18-52(48)62(56)63)37-47(39-46)67(57-22-12-20-54-50-16-8-10-24-60(50)69-64(54)57)58-23-13-21-55-51-17-9-11-25-61(51)70-65(55)58/h3-39H,1H2,2H3. The lowest BCUT2D eigenvalue weighted by Gasteiger charge is -2.31. The van der Waals surface area contributed by atoms with E-state index in [1.807, 2.05) is 28.7 Å². The molecule has 3 aromatic heterocycles. The molecule has 0 N–H and O–H groups in total. The first-order valence-corrected chi connectivity index (χ1v) is 25.3. The summed E-state index contributed by atoms with van der Waals surface area (Å²) in [5, 5.41) is 12.0. The van der Waals surface area contributed by atoms with Crippen molar-refractivity contribution in [1.29, 1.82) is 0 Å². The van der Waals surface area contributed by atoms with E-state index in [1.165, 1.54) is 62.1 Å². The van der Waals surface area contributed by atoms with Crippen molar-refractivity contribution in [3.63, 3.8) is 0 Å². The van der Waals surface area contributed by atoms with Crippen molar-refractivity contribution >= 4 is 147 Å². The van der Waals surface area contributed by atoms with Gasteiger partial charge in [0.15, 0.2) is 0 Å². The van der Waals surface area contributed by atoms with E-state index in [1.54, 1.807) is 0 Å². The summed E-state index contributed by atoms with van der Waals surface area (Å²) in [6, 6.07) is 80.0. The highest BCUT2D eigenvalue weighted by atomic mass is 32.1. The third-order valence-corrected chi connectivity index (χ3v) is 16.4. The number of furan rings is 1. The van der Waals surface area contributed by atoms with Crippen molar-refractivity contribution in [2.24, 2.45) is 0 Å². The molecule has 14 rings (SSSR count). The van der Waals surface area contributed by atoms with Gasteiger partial charge < -0.3 is 14.2 Å². The number of nitrogens with zero attached hydrogens (tertiary/aromatic N) is 2. The van der Waals surface area contributed by atoms with Crippen LogP contribution in [0.1, 0.15) is 11.1 Å². The van der Waals surface area contributed by atoms with E-state index < -0.39 is 0 Å². The zero-order chi connectivity index (χ0) is 46.5. The van der Waals surface area contributed by atoms with Crippen LogP contribution < -0.4 is 9.80 Å². The second-order valence-electron chi connectivity index (χ2n) is 18.2. The van der Waals surface area contributed by atoms with Crippen molar-refractivity contribution in [1.82, 2.24) is 0 Å². The Morgan fingerprint density at radius 2 is 0.914 bits per heavy atom. The first kappa shape index (κ1) is 40.6. The highest BCUT2D eigenvalue weighted by Crippen LogP contribution is 2.51. The molecule has 0 aliphatic heterocycles. The molecule has 14 aromatic rings. The second kappa shape index (κ2) is 16.1. The summed E-state index contributed by atoms with van der Waals surface area (Å²) in [5.74, 6) is 0. The number of thiophene rings is 2. The van der Waals surface area contributed by atoms with Crippen LogP contribution >= 0.6 is 22.7 Å². The largest absolute Gasteiger partial charge is 0.455 e. The van der Waals surface area contributed by atoms with Gasteiger partial charge in [-0.1, -0.05) is 158 Å². The number of aryl methyl sites for hydroxylation is 1. The smallest absolute Gasteiger partial charge is 0.143 e. The minimum atomic E-state index is 0.860. The van der Waals surface area contributed by atoms with Crippen LogP contribution in [0.2, 0.25) is 0 Å². The Kier molecular flexibility index (Phi) is 9.31. The topological polar surface area (TPSA) is 19.6 Å². The molecular formula is C65H42N2OS2. The van der Waals surface area contributed by atoms with Gasteiger partial charge in [0.1, 0.15) is 11.2 Å². The first-order chi connectivity index (χ1) is 34.6. The summed E-state index contributed by atoms with van der Waals surface area (Å²) >= 11 is 3.72. The molecule has 0 bridgehead atoms. The molecular weight excluding hydrogens is 889 g/mol. The molecule has 0 aliphatic carbocycles. The van der Waals surface area contributed by atoms with Crippen molar-refractivity contribution in [3.05, 3.63) is 236 Å². The summed E-state index contributed by atoms with van der Waals surface area (Å²) in [6.45, 7) is 6.22. The Morgan fingerprint density at radius 1 is 0.400 bits per heavy atom. The minimum absolute atomic E-state index is 0.860. The van der Waals surface area contributed by atoms with Gasteiger partial charge in [-0.3, -0.25) is 0 Å². The average Bonchev–Trinajstić information content (AvgIpc) is 4.12. The maximum atomic E-state index is 7.03. The number of hydrogen-bond donors (Lipinski definition) is 0. The van der Waals surface area contributed by atoms with Gasteiger partial charge in [-0.2, -0.15) is 0 Å². The van der Waals surface area contributed by atoms with Gasteiger partial charge in [-0.15, -0.1) is 22.7 Å². The molecule has 3 heterocycles. The highest BCUT2D eigenvalue weighted by Gasteiger charge is 2.25. The quantitative estimate of drug-likeness (QED) is 0.142. The molecule has 5 heteroatoms. The SMILES string of the molecule is C=Cc1ccc(N(c2ccc(C)cc2)c2cc(-c3ccc4c(c3)oc3c5ccccc5c5ccccc5c43)cc(N(c3cccc4c3sc3ccccc34)c3cccc4c3sc3ccccc34)c2)cc1. The van der Waals surface area contributed by atoms with Crippen molar-refractivity contribution in [3.8, 4) is 11.1 Å². The molecule has 0 saturated heterocycles. The molecule has 11 aromatic carbocycles. The number of fused-ring (bicyclic) bond motifs is 14. The predicted octanol–water partition coefficient (Wildman–Crippen LogP) is 20.2. The van der Waals surface area contributed by atoms with E-state index in [0.717, 1.165) is 78.1 Å². The van der Waals surface area contributed by atoms with Gasteiger partial charge >= 0.3 is 0 Å². The highest BCUT2D eigenvalue weighted by molar-refractivity contribution is 7.27. The van der Waals surface area contributed by atoms with E-state index in [2.05, 4.69) is 242 Å². The molecule has 70 heavy (non-hydrogen) atoms. The van der Waals surface area contributed by atoms with E-state index in [9.17, 15) is 0 Å². The fourth-order valence-electron chi connectivity index (χ4n) is 10.7. The van der Waals surface area contributed by atoms with Gasteiger partial charge in [0.05, 0.1) is 20.8 Å². The van der Waals surface area contributed by atoms with Crippen LogP contribution in [0.4, 0.5) is 34.1 Å². The van der Waals surface area contributed by atoms with Gasteiger partial charge in [-0.25, -0.2) is 0 Å². The van der Waals surface area contributed by atoms with Crippen LogP contribution in [-0.2, 0) is 0 Å². The van der Waals surface area contributed by atoms with Crippen LogP contribution in [0.15, 0.2) is 229 Å². The normalized spacial score (nSPS) is 11.8. The summed E-state index contributed by atoms with van der Waals surface area (Å²) in [7, 11) is 0. The molecule has 0 spiro atoms. The van der Waals surface area contributed by atoms with Gasteiger partial charge in [0.25, 0.3) is 0 Å². The molecule has 0 saturated carbocycles. The minimum Gasteiger partial charge on any atom is -0.455 e. The third kappa shape index (κ3) is 6.40. The van der Waals surface area contributed by atoms with Crippen molar-refractivity contribution < 1.29 is 4.42 Å². The summed E-state index contributed by atoms with van der Waals surface area (Å²) in [6.07, 6.45) is 1.90. The lowest BCUT2D eigenvalue weighted by molar-refractivity contribution is 0.673. The van der Waals surface area contributed by atoms with Crippen LogP contribution in [0, 0.1) is 6.92 Å². The van der Waals surface area contributed by atoms with Crippen LogP contribution in [0.25, 0.3) is 101 Å². The Hall–Kier alpha value is -8.48. The first-order valence-electron chi connectivity index (χ1n) is 23.7. The fourth-order valence-corrected chi connectivity index (χ4v) is 13.1.